The quantitative estimate of drug-likeness (QED) is 0.314. The van der Waals surface area contributed by atoms with Gasteiger partial charge in [0, 0.05) is 17.3 Å². The van der Waals surface area contributed by atoms with E-state index < -0.39 is 0 Å². The van der Waals surface area contributed by atoms with Gasteiger partial charge in [0.25, 0.3) is 0 Å². The third-order valence-corrected chi connectivity index (χ3v) is 8.25. The van der Waals surface area contributed by atoms with Gasteiger partial charge in [0.2, 0.25) is 5.91 Å². The normalized spacial score (nSPS) is 15.6. The molecular weight excluding hydrogens is 488 g/mol. The maximum Gasteiger partial charge on any atom is 0.228 e. The summed E-state index contributed by atoms with van der Waals surface area (Å²) in [5.41, 5.74) is 3.69. The molecule has 0 radical (unpaired) electrons. The van der Waals surface area contributed by atoms with E-state index in [1.54, 1.807) is 11.3 Å². The number of aromatic nitrogens is 1. The van der Waals surface area contributed by atoms with E-state index in [1.807, 2.05) is 56.3 Å². The number of hydrogen-bond donors (Lipinski definition) is 1. The van der Waals surface area contributed by atoms with Gasteiger partial charge in [-0.2, -0.15) is 5.26 Å². The molecule has 0 bridgehead atoms. The number of amides is 1. The molecule has 6 nitrogen and oxygen atoms in total. The fourth-order valence-electron chi connectivity index (χ4n) is 4.03. The van der Waals surface area contributed by atoms with Crippen LogP contribution in [0.5, 0.6) is 0 Å². The minimum absolute atomic E-state index is 0.0463. The molecule has 4 aromatic rings. The molecule has 1 unspecified atom stereocenters. The van der Waals surface area contributed by atoms with Crippen molar-refractivity contribution in [2.75, 3.05) is 29.9 Å². The predicted octanol–water partition coefficient (Wildman–Crippen LogP) is 6.58. The highest BCUT2D eigenvalue weighted by Gasteiger charge is 2.29. The van der Waals surface area contributed by atoms with Gasteiger partial charge in [-0.25, -0.2) is 4.98 Å². The number of thiazole rings is 1. The van der Waals surface area contributed by atoms with E-state index in [0.29, 0.717) is 23.8 Å². The Morgan fingerprint density at radius 1 is 1.08 bits per heavy atom. The van der Waals surface area contributed by atoms with E-state index in [-0.39, 0.29) is 17.9 Å². The number of benzene rings is 2. The van der Waals surface area contributed by atoms with Crippen LogP contribution >= 0.6 is 22.7 Å². The number of hydrogen-bond acceptors (Lipinski definition) is 7. The zero-order chi connectivity index (χ0) is 25.1. The minimum Gasteiger partial charge on any atom is -0.368 e. The standard InChI is InChI=1S/C28H26N4O2S2/c1-18(2)27(33)31-28-30-25(26(36-28)21-6-4-3-5-7-21)22-17-32(14-15-34-22)24-13-12-23(35-24)20-10-8-19(16-29)9-11-20/h3-13,18,22H,14-15,17H2,1-2H3,(H,30,31,33). The van der Waals surface area contributed by atoms with Crippen LogP contribution in [0, 0.1) is 17.2 Å². The van der Waals surface area contributed by atoms with E-state index in [4.69, 9.17) is 15.0 Å². The highest BCUT2D eigenvalue weighted by Crippen LogP contribution is 2.41. The molecule has 36 heavy (non-hydrogen) atoms. The van der Waals surface area contributed by atoms with Crippen molar-refractivity contribution in [1.29, 1.82) is 5.26 Å². The lowest BCUT2D eigenvalue weighted by atomic mass is 10.1. The molecule has 2 aromatic heterocycles. The Labute approximate surface area is 218 Å². The van der Waals surface area contributed by atoms with Crippen molar-refractivity contribution >= 4 is 38.7 Å². The Balaban J connectivity index is 1.40. The molecule has 1 N–H and O–H groups in total. The number of morpholine rings is 1. The summed E-state index contributed by atoms with van der Waals surface area (Å²) in [5.74, 6) is -0.168. The van der Waals surface area contributed by atoms with Crippen LogP contribution in [0.1, 0.15) is 31.2 Å². The molecule has 0 spiro atoms. The van der Waals surface area contributed by atoms with Crippen LogP contribution in [0.25, 0.3) is 20.9 Å². The second-order valence-electron chi connectivity index (χ2n) is 8.88. The first-order valence-electron chi connectivity index (χ1n) is 11.9. The van der Waals surface area contributed by atoms with Crippen LogP contribution in [-0.2, 0) is 9.53 Å². The molecule has 2 aromatic carbocycles. The zero-order valence-corrected chi connectivity index (χ0v) is 21.7. The largest absolute Gasteiger partial charge is 0.368 e. The summed E-state index contributed by atoms with van der Waals surface area (Å²) in [6.07, 6.45) is -0.213. The number of thiophene rings is 1. The van der Waals surface area contributed by atoms with E-state index >= 15 is 0 Å². The van der Waals surface area contributed by atoms with Gasteiger partial charge in [0.05, 0.1) is 40.4 Å². The van der Waals surface area contributed by atoms with E-state index in [2.05, 4.69) is 40.6 Å². The van der Waals surface area contributed by atoms with Crippen molar-refractivity contribution in [3.05, 3.63) is 78.0 Å². The smallest absolute Gasteiger partial charge is 0.228 e. The molecule has 0 saturated carbocycles. The van der Waals surface area contributed by atoms with Gasteiger partial charge in [-0.05, 0) is 35.4 Å². The average molecular weight is 515 g/mol. The highest BCUT2D eigenvalue weighted by atomic mass is 32.1. The molecule has 1 saturated heterocycles. The number of carbonyl (C=O) groups excluding carboxylic acids is 1. The molecule has 0 aliphatic carbocycles. The van der Waals surface area contributed by atoms with Crippen molar-refractivity contribution in [3.8, 4) is 27.0 Å². The lowest BCUT2D eigenvalue weighted by molar-refractivity contribution is -0.118. The third-order valence-electron chi connectivity index (χ3n) is 6.02. The Morgan fingerprint density at radius 2 is 1.86 bits per heavy atom. The van der Waals surface area contributed by atoms with Crippen LogP contribution < -0.4 is 10.2 Å². The van der Waals surface area contributed by atoms with Crippen molar-refractivity contribution < 1.29 is 9.53 Å². The Morgan fingerprint density at radius 3 is 2.58 bits per heavy atom. The summed E-state index contributed by atoms with van der Waals surface area (Å²) >= 11 is 3.22. The fraction of sp³-hybridized carbons (Fsp3) is 0.250. The molecule has 8 heteroatoms. The van der Waals surface area contributed by atoms with Gasteiger partial charge < -0.3 is 15.0 Å². The lowest BCUT2D eigenvalue weighted by Gasteiger charge is -2.33. The van der Waals surface area contributed by atoms with Gasteiger partial charge in [-0.15, -0.1) is 11.3 Å². The number of anilines is 2. The molecule has 1 amide bonds. The van der Waals surface area contributed by atoms with Crippen LogP contribution in [0.4, 0.5) is 10.1 Å². The van der Waals surface area contributed by atoms with Gasteiger partial charge in [0.1, 0.15) is 6.10 Å². The van der Waals surface area contributed by atoms with Crippen molar-refractivity contribution in [1.82, 2.24) is 4.98 Å². The molecule has 1 aliphatic rings. The second-order valence-corrected chi connectivity index (χ2v) is 10.9. The Bertz CT molecular complexity index is 1390. The molecule has 1 fully saturated rings. The molecule has 1 aliphatic heterocycles. The monoisotopic (exact) mass is 514 g/mol. The molecular formula is C28H26N4O2S2. The van der Waals surface area contributed by atoms with Crippen LogP contribution in [0.3, 0.4) is 0 Å². The summed E-state index contributed by atoms with van der Waals surface area (Å²) in [7, 11) is 0. The zero-order valence-electron chi connectivity index (χ0n) is 20.1. The van der Waals surface area contributed by atoms with Gasteiger partial charge in [0.15, 0.2) is 5.13 Å². The van der Waals surface area contributed by atoms with Gasteiger partial charge >= 0.3 is 0 Å². The summed E-state index contributed by atoms with van der Waals surface area (Å²) in [6.45, 7) is 5.81. The first-order chi connectivity index (χ1) is 17.5. The molecule has 3 heterocycles. The maximum atomic E-state index is 12.3. The van der Waals surface area contributed by atoms with Gasteiger partial charge in [-0.3, -0.25) is 4.79 Å². The first-order valence-corrected chi connectivity index (χ1v) is 13.5. The van der Waals surface area contributed by atoms with Gasteiger partial charge in [-0.1, -0.05) is 67.6 Å². The topological polar surface area (TPSA) is 78.3 Å². The molecule has 182 valence electrons. The summed E-state index contributed by atoms with van der Waals surface area (Å²) in [4.78, 5) is 21.7. The number of nitrogens with zero attached hydrogens (tertiary/aromatic N) is 3. The summed E-state index contributed by atoms with van der Waals surface area (Å²) in [5, 5.41) is 13.8. The third kappa shape index (κ3) is 5.19. The van der Waals surface area contributed by atoms with Crippen molar-refractivity contribution in [2.45, 2.75) is 20.0 Å². The Kier molecular flexibility index (Phi) is 7.14. The number of carbonyl (C=O) groups is 1. The minimum atomic E-state index is -0.213. The number of rotatable bonds is 6. The number of nitrogens with one attached hydrogen (secondary N) is 1. The highest BCUT2D eigenvalue weighted by molar-refractivity contribution is 7.19. The Hall–Kier alpha value is -3.51. The van der Waals surface area contributed by atoms with Crippen molar-refractivity contribution in [2.24, 2.45) is 5.92 Å². The van der Waals surface area contributed by atoms with Crippen molar-refractivity contribution in [3.63, 3.8) is 0 Å². The predicted molar refractivity (Wildman–Crippen MR) is 146 cm³/mol. The molecule has 1 atom stereocenters. The van der Waals surface area contributed by atoms with E-state index in [0.717, 1.165) is 33.1 Å². The average Bonchev–Trinajstić information content (AvgIpc) is 3.57. The van der Waals surface area contributed by atoms with Crippen LogP contribution in [0.2, 0.25) is 0 Å². The SMILES string of the molecule is CC(C)C(=O)Nc1nc(C2CN(c3ccc(-c4ccc(C#N)cc4)s3)CCO2)c(-c2ccccc2)s1. The number of ether oxygens (including phenoxy) is 1. The maximum absolute atomic E-state index is 12.3. The lowest BCUT2D eigenvalue weighted by Crippen LogP contribution is -2.38. The van der Waals surface area contributed by atoms with Crippen LogP contribution in [-0.4, -0.2) is 30.6 Å². The van der Waals surface area contributed by atoms with E-state index in [1.165, 1.54) is 16.3 Å². The van der Waals surface area contributed by atoms with E-state index in [9.17, 15) is 4.79 Å². The first kappa shape index (κ1) is 24.2. The van der Waals surface area contributed by atoms with Crippen LogP contribution in [0.15, 0.2) is 66.7 Å². The number of nitriles is 1. The summed E-state index contributed by atoms with van der Waals surface area (Å²) in [6, 6.07) is 24.3. The second kappa shape index (κ2) is 10.6. The fourth-order valence-corrected chi connectivity index (χ4v) is 6.10. The summed E-state index contributed by atoms with van der Waals surface area (Å²) < 4.78 is 6.22. The molecule has 5 rings (SSSR count).